The zero-order chi connectivity index (χ0) is 30.9. The van der Waals surface area contributed by atoms with Crippen molar-refractivity contribution < 1.29 is 4.74 Å². The topological polar surface area (TPSA) is 15.7 Å². The lowest BCUT2D eigenvalue weighted by atomic mass is 10.1. The third kappa shape index (κ3) is 4.24. The van der Waals surface area contributed by atoms with Crippen LogP contribution < -0.4 is 14.5 Å². The Labute approximate surface area is 279 Å². The van der Waals surface area contributed by atoms with Gasteiger partial charge in [-0.05, 0) is 72.8 Å². The molecule has 0 unspecified atom stereocenters. The van der Waals surface area contributed by atoms with Crippen LogP contribution in [-0.4, -0.2) is 0 Å². The highest BCUT2D eigenvalue weighted by atomic mass is 32.1. The fourth-order valence-electron chi connectivity index (χ4n) is 6.89. The Kier molecular flexibility index (Phi) is 5.92. The Morgan fingerprint density at radius 2 is 0.979 bits per heavy atom. The Hall–Kier alpha value is -5.62. The van der Waals surface area contributed by atoms with Gasteiger partial charge >= 0.3 is 0 Å². The molecule has 7 aromatic carbocycles. The summed E-state index contributed by atoms with van der Waals surface area (Å²) in [6.07, 6.45) is 0. The second-order valence-electron chi connectivity index (χ2n) is 11.8. The van der Waals surface area contributed by atoms with E-state index in [0.717, 1.165) is 45.6 Å². The van der Waals surface area contributed by atoms with Crippen LogP contribution in [-0.2, 0) is 0 Å². The second kappa shape index (κ2) is 10.5. The van der Waals surface area contributed by atoms with Crippen LogP contribution in [0.15, 0.2) is 158 Å². The minimum Gasteiger partial charge on any atom is -0.453 e. The maximum Gasteiger partial charge on any atom is 0.153 e. The van der Waals surface area contributed by atoms with Gasteiger partial charge < -0.3 is 14.5 Å². The molecule has 0 aliphatic carbocycles. The molecule has 5 heteroatoms. The zero-order valence-electron chi connectivity index (χ0n) is 25.1. The third-order valence-corrected chi connectivity index (χ3v) is 11.3. The van der Waals surface area contributed by atoms with Crippen molar-refractivity contribution in [3.05, 3.63) is 158 Å². The molecule has 2 aromatic heterocycles. The molecule has 0 bridgehead atoms. The summed E-state index contributed by atoms with van der Waals surface area (Å²) in [5.74, 6) is 1.66. The first-order chi connectivity index (χ1) is 23.3. The van der Waals surface area contributed by atoms with E-state index in [-0.39, 0.29) is 0 Å². The largest absolute Gasteiger partial charge is 0.453 e. The summed E-state index contributed by atoms with van der Waals surface area (Å²) in [5, 5.41) is 5.20. The summed E-state index contributed by atoms with van der Waals surface area (Å²) in [5.41, 5.74) is 6.40. The molecule has 3 nitrogen and oxygen atoms in total. The Bertz CT molecular complexity index is 2640. The van der Waals surface area contributed by atoms with Crippen molar-refractivity contribution >= 4 is 97.1 Å². The van der Waals surface area contributed by atoms with E-state index in [0.29, 0.717) is 0 Å². The Morgan fingerprint density at radius 3 is 1.77 bits per heavy atom. The van der Waals surface area contributed by atoms with Gasteiger partial charge in [-0.15, -0.1) is 22.7 Å². The van der Waals surface area contributed by atoms with Crippen LogP contribution in [0.4, 0.5) is 34.1 Å². The molecular formula is C42H26N2OS2. The zero-order valence-corrected chi connectivity index (χ0v) is 26.8. The van der Waals surface area contributed by atoms with Gasteiger partial charge in [-0.3, -0.25) is 0 Å². The number of anilines is 6. The normalized spacial score (nSPS) is 12.4. The molecule has 3 heterocycles. The highest BCUT2D eigenvalue weighted by Gasteiger charge is 2.27. The van der Waals surface area contributed by atoms with Crippen molar-refractivity contribution in [2.45, 2.75) is 0 Å². The van der Waals surface area contributed by atoms with E-state index in [2.05, 4.69) is 161 Å². The summed E-state index contributed by atoms with van der Waals surface area (Å²) in [6.45, 7) is 0. The smallest absolute Gasteiger partial charge is 0.153 e. The fourth-order valence-corrected chi connectivity index (χ4v) is 9.17. The van der Waals surface area contributed by atoms with Crippen molar-refractivity contribution in [3.8, 4) is 11.5 Å². The van der Waals surface area contributed by atoms with Crippen LogP contribution in [0.3, 0.4) is 0 Å². The lowest BCUT2D eigenvalue weighted by Gasteiger charge is -2.34. The Balaban J connectivity index is 1.13. The van der Waals surface area contributed by atoms with Crippen molar-refractivity contribution in [1.82, 2.24) is 0 Å². The van der Waals surface area contributed by atoms with E-state index < -0.39 is 0 Å². The van der Waals surface area contributed by atoms with Gasteiger partial charge in [0.2, 0.25) is 0 Å². The number of nitrogens with zero attached hydrogens (tertiary/aromatic N) is 2. The fraction of sp³-hybridized carbons (Fsp3) is 0. The highest BCUT2D eigenvalue weighted by Crippen LogP contribution is 2.53. The molecule has 0 atom stereocenters. The van der Waals surface area contributed by atoms with Crippen molar-refractivity contribution in [2.24, 2.45) is 0 Å². The molecule has 0 N–H and O–H groups in total. The van der Waals surface area contributed by atoms with Crippen LogP contribution in [0.1, 0.15) is 0 Å². The summed E-state index contributed by atoms with van der Waals surface area (Å²) in [4.78, 5) is 4.65. The van der Waals surface area contributed by atoms with Crippen molar-refractivity contribution in [2.75, 3.05) is 9.80 Å². The minimum atomic E-state index is 0.821. The molecule has 47 heavy (non-hydrogen) atoms. The van der Waals surface area contributed by atoms with Gasteiger partial charge in [0, 0.05) is 69.2 Å². The van der Waals surface area contributed by atoms with Crippen LogP contribution in [0.25, 0.3) is 40.3 Å². The number of benzene rings is 7. The van der Waals surface area contributed by atoms with Gasteiger partial charge in [0.05, 0.1) is 11.4 Å². The molecule has 9 aromatic rings. The maximum absolute atomic E-state index is 6.67. The van der Waals surface area contributed by atoms with E-state index in [1.54, 1.807) is 0 Å². The number of thiophene rings is 2. The molecule has 10 rings (SSSR count). The van der Waals surface area contributed by atoms with Crippen LogP contribution in [0.5, 0.6) is 11.5 Å². The first kappa shape index (κ1) is 26.6. The predicted octanol–water partition coefficient (Wildman–Crippen LogP) is 13.5. The van der Waals surface area contributed by atoms with Gasteiger partial charge in [0.1, 0.15) is 0 Å². The molecule has 0 saturated carbocycles. The van der Waals surface area contributed by atoms with Crippen LogP contribution in [0.2, 0.25) is 0 Å². The first-order valence-corrected chi connectivity index (χ1v) is 17.3. The summed E-state index contributed by atoms with van der Waals surface area (Å²) < 4.78 is 11.8. The molecule has 1 aliphatic rings. The molecule has 0 fully saturated rings. The quantitative estimate of drug-likeness (QED) is 0.191. The highest BCUT2D eigenvalue weighted by molar-refractivity contribution is 7.26. The van der Waals surface area contributed by atoms with E-state index in [4.69, 9.17) is 4.74 Å². The van der Waals surface area contributed by atoms with E-state index >= 15 is 0 Å². The Morgan fingerprint density at radius 1 is 0.404 bits per heavy atom. The molecule has 0 saturated heterocycles. The number of hydrogen-bond donors (Lipinski definition) is 0. The van der Waals surface area contributed by atoms with E-state index in [9.17, 15) is 0 Å². The molecular weight excluding hydrogens is 613 g/mol. The van der Waals surface area contributed by atoms with Gasteiger partial charge in [0.25, 0.3) is 0 Å². The summed E-state index contributed by atoms with van der Waals surface area (Å²) in [7, 11) is 0. The number of hydrogen-bond acceptors (Lipinski definition) is 5. The number of fused-ring (bicyclic) bond motifs is 8. The number of rotatable bonds is 4. The second-order valence-corrected chi connectivity index (χ2v) is 14.0. The monoisotopic (exact) mass is 638 g/mol. The lowest BCUT2D eigenvalue weighted by molar-refractivity contribution is 0.477. The van der Waals surface area contributed by atoms with Crippen LogP contribution in [0, 0.1) is 0 Å². The molecule has 222 valence electrons. The average Bonchev–Trinajstić information content (AvgIpc) is 3.68. The van der Waals surface area contributed by atoms with E-state index in [1.807, 2.05) is 28.7 Å². The van der Waals surface area contributed by atoms with Gasteiger partial charge in [-0.2, -0.15) is 0 Å². The molecule has 0 spiro atoms. The molecule has 1 aliphatic heterocycles. The van der Waals surface area contributed by atoms with Crippen molar-refractivity contribution in [1.29, 1.82) is 0 Å². The van der Waals surface area contributed by atoms with E-state index in [1.165, 1.54) is 40.3 Å². The molecule has 0 amide bonds. The van der Waals surface area contributed by atoms with Gasteiger partial charge in [0.15, 0.2) is 11.5 Å². The third-order valence-electron chi connectivity index (χ3n) is 9.02. The summed E-state index contributed by atoms with van der Waals surface area (Å²) >= 11 is 3.68. The number of para-hydroxylation sites is 3. The average molecular weight is 639 g/mol. The number of ether oxygens (including phenoxy) is 1. The lowest BCUT2D eigenvalue weighted by Crippen LogP contribution is -2.16. The van der Waals surface area contributed by atoms with Crippen LogP contribution >= 0.6 is 22.7 Å². The van der Waals surface area contributed by atoms with Gasteiger partial charge in [-0.25, -0.2) is 0 Å². The predicted molar refractivity (Wildman–Crippen MR) is 202 cm³/mol. The van der Waals surface area contributed by atoms with Gasteiger partial charge in [-0.1, -0.05) is 78.9 Å². The summed E-state index contributed by atoms with van der Waals surface area (Å²) in [6, 6.07) is 56.4. The maximum atomic E-state index is 6.67. The van der Waals surface area contributed by atoms with Crippen molar-refractivity contribution in [3.63, 3.8) is 0 Å². The first-order valence-electron chi connectivity index (χ1n) is 15.7. The molecule has 0 radical (unpaired) electrons. The standard InChI is InChI=1S/C42H26N2OS2/c1-2-10-27(11-3-1)43(29-18-21-33-31-12-4-8-16-39(31)46-41(33)25-29)28-20-23-36-38(24-28)45-37-15-7-6-14-35(37)44(36)30-19-22-34-32-13-5-9-17-40(32)47-42(34)26-30/h1-26H. The SMILES string of the molecule is c1ccc(N(c2ccc3c(c2)Oc2ccccc2N3c2ccc3c(c2)sc2ccccc23)c2ccc3c(c2)sc2ccccc23)cc1. The minimum absolute atomic E-state index is 0.821.